The number of rotatable bonds is 9. The van der Waals surface area contributed by atoms with E-state index >= 15 is 0 Å². The summed E-state index contributed by atoms with van der Waals surface area (Å²) in [5.41, 5.74) is 4.02. The van der Waals surface area contributed by atoms with E-state index in [-0.39, 0.29) is 18.7 Å². The number of ether oxygens (including phenoxy) is 6. The number of esters is 1. The average Bonchev–Trinajstić information content (AvgIpc) is 3.50. The minimum absolute atomic E-state index is 0.0202. The van der Waals surface area contributed by atoms with E-state index in [2.05, 4.69) is 34.9 Å². The third-order valence-electron chi connectivity index (χ3n) is 10.6. The molecule has 244 valence electrons. The summed E-state index contributed by atoms with van der Waals surface area (Å²) in [5, 5.41) is 11.0. The molecule has 2 bridgehead atoms. The molecule has 1 unspecified atom stereocenters. The second-order valence-electron chi connectivity index (χ2n) is 12.8. The Morgan fingerprint density at radius 1 is 0.915 bits per heavy atom. The van der Waals surface area contributed by atoms with Crippen molar-refractivity contribution < 1.29 is 33.2 Å². The van der Waals surface area contributed by atoms with Crippen LogP contribution in [0.2, 0.25) is 0 Å². The lowest BCUT2D eigenvalue weighted by molar-refractivity contribution is -0.142. The van der Waals surface area contributed by atoms with Crippen molar-refractivity contribution in [1.29, 1.82) is 5.26 Å². The van der Waals surface area contributed by atoms with Gasteiger partial charge in [0.25, 0.3) is 0 Å². The van der Waals surface area contributed by atoms with Crippen LogP contribution in [0.1, 0.15) is 53.2 Å². The maximum absolute atomic E-state index is 13.2. The smallest absolute Gasteiger partial charge is 0.330 e. The normalized spacial score (nSPS) is 27.0. The number of hydrogen-bond donors (Lipinski definition) is 0. The highest BCUT2D eigenvalue weighted by atomic mass is 16.5. The fourth-order valence-corrected chi connectivity index (χ4v) is 8.60. The van der Waals surface area contributed by atoms with Crippen molar-refractivity contribution in [2.75, 3.05) is 48.7 Å². The molecule has 0 aromatic heterocycles. The Labute approximate surface area is 275 Å². The molecule has 2 saturated heterocycles. The first kappa shape index (κ1) is 30.9. The molecule has 10 nitrogen and oxygen atoms in total. The average molecular weight is 638 g/mol. The molecule has 2 fully saturated rings. The Morgan fingerprint density at radius 3 is 2.19 bits per heavy atom. The number of carbonyl (C=O) groups excluding carboxylic acids is 1. The van der Waals surface area contributed by atoms with Gasteiger partial charge in [-0.25, -0.2) is 4.79 Å². The Morgan fingerprint density at radius 2 is 1.55 bits per heavy atom. The lowest BCUT2D eigenvalue weighted by Crippen LogP contribution is -2.65. The molecule has 0 amide bonds. The van der Waals surface area contributed by atoms with Crippen molar-refractivity contribution >= 4 is 12.0 Å². The summed E-state index contributed by atoms with van der Waals surface area (Å²) < 4.78 is 34.1. The fraction of sp³-hybridized carbons (Fsp3) is 0.405. The maximum atomic E-state index is 13.2. The molecule has 7 rings (SSSR count). The summed E-state index contributed by atoms with van der Waals surface area (Å²) in [5.74, 6) is 2.86. The van der Waals surface area contributed by atoms with Crippen molar-refractivity contribution in [3.8, 4) is 34.8 Å². The van der Waals surface area contributed by atoms with Crippen molar-refractivity contribution in [3.63, 3.8) is 0 Å². The van der Waals surface area contributed by atoms with Gasteiger partial charge in [0.1, 0.15) is 17.9 Å². The molecule has 3 aromatic rings. The van der Waals surface area contributed by atoms with Crippen LogP contribution >= 0.6 is 0 Å². The molecule has 4 heterocycles. The number of benzene rings is 3. The Hall–Kier alpha value is -4.72. The first-order valence-electron chi connectivity index (χ1n) is 15.7. The summed E-state index contributed by atoms with van der Waals surface area (Å²) in [4.78, 5) is 18.0. The highest BCUT2D eigenvalue weighted by molar-refractivity contribution is 5.87. The van der Waals surface area contributed by atoms with Gasteiger partial charge in [0.05, 0.1) is 53.7 Å². The van der Waals surface area contributed by atoms with E-state index in [1.54, 1.807) is 41.6 Å². The van der Waals surface area contributed by atoms with Crippen LogP contribution in [0.4, 0.5) is 0 Å². The molecule has 10 heteroatoms. The zero-order valence-electron chi connectivity index (χ0n) is 27.5. The molecule has 0 radical (unpaired) electrons. The lowest BCUT2D eigenvalue weighted by atomic mass is 9.74. The maximum Gasteiger partial charge on any atom is 0.330 e. The van der Waals surface area contributed by atoms with Gasteiger partial charge in [0, 0.05) is 30.6 Å². The van der Waals surface area contributed by atoms with Crippen LogP contribution in [0.3, 0.4) is 0 Å². The van der Waals surface area contributed by atoms with Crippen molar-refractivity contribution in [3.05, 3.63) is 82.4 Å². The number of nitriles is 1. The van der Waals surface area contributed by atoms with Gasteiger partial charge in [-0.3, -0.25) is 9.80 Å². The first-order chi connectivity index (χ1) is 22.7. The Bertz CT molecular complexity index is 1800. The van der Waals surface area contributed by atoms with Gasteiger partial charge < -0.3 is 28.4 Å². The summed E-state index contributed by atoms with van der Waals surface area (Å²) in [6, 6.07) is 17.9. The van der Waals surface area contributed by atoms with Crippen LogP contribution in [0, 0.1) is 11.3 Å². The monoisotopic (exact) mass is 637 g/mol. The van der Waals surface area contributed by atoms with Crippen LogP contribution in [0.25, 0.3) is 6.08 Å². The molecule has 3 aromatic carbocycles. The molecule has 5 atom stereocenters. The molecule has 4 aliphatic heterocycles. The quantitative estimate of drug-likeness (QED) is 0.230. The van der Waals surface area contributed by atoms with Crippen molar-refractivity contribution in [1.82, 2.24) is 9.80 Å². The van der Waals surface area contributed by atoms with E-state index in [1.165, 1.54) is 17.2 Å². The second-order valence-corrected chi connectivity index (χ2v) is 12.8. The predicted octanol–water partition coefficient (Wildman–Crippen LogP) is 5.21. The van der Waals surface area contributed by atoms with Crippen LogP contribution in [-0.2, 0) is 21.5 Å². The van der Waals surface area contributed by atoms with Crippen molar-refractivity contribution in [2.24, 2.45) is 0 Å². The highest BCUT2D eigenvalue weighted by Crippen LogP contribution is 2.65. The minimum atomic E-state index is -0.818. The van der Waals surface area contributed by atoms with Crippen LogP contribution in [0.15, 0.2) is 54.6 Å². The molecule has 4 aliphatic rings. The molecule has 0 aliphatic carbocycles. The summed E-state index contributed by atoms with van der Waals surface area (Å²) in [6.45, 7) is 2.86. The number of methoxy groups -OCH3 is 5. The lowest BCUT2D eigenvalue weighted by Gasteiger charge is -2.55. The summed E-state index contributed by atoms with van der Waals surface area (Å²) in [6.07, 6.45) is 4.42. The standard InChI is InChI=1S/C37H39N3O7/c1-36-19-37(20-38)21-39(36)35(26-16-32(45-5)33(46-6)17-27(26)36)28-13-23-14-30(43-3)31(44-4)15-25(23)29(40(28)37)18-47-34(41)12-9-22-7-10-24(42-2)11-8-22/h7-12,14-17,28-29,35H,13,18-19,21H2,1-6H3/b12-9+/t28-,29-,35+,36?,37-/m0/s1. The molecular weight excluding hydrogens is 598 g/mol. The largest absolute Gasteiger partial charge is 0.497 e. The van der Waals surface area contributed by atoms with E-state index in [1.807, 2.05) is 36.4 Å². The number of carbonyl (C=O) groups is 1. The van der Waals surface area contributed by atoms with Crippen LogP contribution in [-0.4, -0.2) is 76.1 Å². The zero-order chi connectivity index (χ0) is 33.1. The summed E-state index contributed by atoms with van der Waals surface area (Å²) >= 11 is 0. The third kappa shape index (κ3) is 4.63. The van der Waals surface area contributed by atoms with Crippen LogP contribution < -0.4 is 23.7 Å². The number of hydrogen-bond acceptors (Lipinski definition) is 10. The number of fused-ring (bicyclic) bond motifs is 8. The third-order valence-corrected chi connectivity index (χ3v) is 10.6. The van der Waals surface area contributed by atoms with Gasteiger partial charge in [-0.05, 0) is 83.6 Å². The molecule has 47 heavy (non-hydrogen) atoms. The van der Waals surface area contributed by atoms with E-state index < -0.39 is 23.1 Å². The fourth-order valence-electron chi connectivity index (χ4n) is 8.60. The topological polar surface area (TPSA) is 103 Å². The van der Waals surface area contributed by atoms with Gasteiger partial charge in [0.2, 0.25) is 0 Å². The first-order valence-corrected chi connectivity index (χ1v) is 15.7. The number of nitrogens with zero attached hydrogens (tertiary/aromatic N) is 3. The van der Waals surface area contributed by atoms with Gasteiger partial charge in [0.15, 0.2) is 23.0 Å². The van der Waals surface area contributed by atoms with Gasteiger partial charge >= 0.3 is 5.97 Å². The van der Waals surface area contributed by atoms with Gasteiger partial charge in [-0.2, -0.15) is 5.26 Å². The van der Waals surface area contributed by atoms with Crippen LogP contribution in [0.5, 0.6) is 28.7 Å². The SMILES string of the molecule is COc1ccc(/C=C/C(=O)OC[C@H]2c3cc(OC)c(OC)cc3C[C@H]3[C@H]4c5cc(OC)c(OC)cc5C5(C)C[C@](C#N)(CN45)N23)cc1. The minimum Gasteiger partial charge on any atom is -0.497 e. The Balaban J connectivity index is 1.30. The van der Waals surface area contributed by atoms with E-state index in [9.17, 15) is 10.1 Å². The van der Waals surface area contributed by atoms with Crippen molar-refractivity contribution in [2.45, 2.75) is 49.0 Å². The Kier molecular flexibility index (Phi) is 7.57. The number of piperazine rings is 1. The molecular formula is C37H39N3O7. The molecule has 0 saturated carbocycles. The predicted molar refractivity (Wildman–Crippen MR) is 174 cm³/mol. The summed E-state index contributed by atoms with van der Waals surface area (Å²) in [7, 11) is 8.15. The highest BCUT2D eigenvalue weighted by Gasteiger charge is 2.69. The van der Waals surface area contributed by atoms with Gasteiger partial charge in [-0.1, -0.05) is 12.1 Å². The van der Waals surface area contributed by atoms with Gasteiger partial charge in [-0.15, -0.1) is 0 Å². The van der Waals surface area contributed by atoms with E-state index in [4.69, 9.17) is 28.4 Å². The zero-order valence-corrected chi connectivity index (χ0v) is 27.5. The van der Waals surface area contributed by atoms with E-state index in [0.29, 0.717) is 42.4 Å². The van der Waals surface area contributed by atoms with E-state index in [0.717, 1.165) is 22.4 Å². The second kappa shape index (κ2) is 11.5. The molecule has 0 N–H and O–H groups in total. The molecule has 0 spiro atoms.